The minimum atomic E-state index is -0.915. The first-order chi connectivity index (χ1) is 10.1. The normalized spacial score (nSPS) is 11.2. The quantitative estimate of drug-likeness (QED) is 0.801. The first kappa shape index (κ1) is 13.5. The van der Waals surface area contributed by atoms with Gasteiger partial charge in [0.2, 0.25) is 5.95 Å². The molecule has 0 radical (unpaired) electrons. The Morgan fingerprint density at radius 3 is 2.38 bits per heavy atom. The third-order valence-corrected chi connectivity index (χ3v) is 3.60. The van der Waals surface area contributed by atoms with E-state index in [0.29, 0.717) is 12.1 Å². The van der Waals surface area contributed by atoms with E-state index in [-0.39, 0.29) is 11.5 Å². The third-order valence-electron chi connectivity index (χ3n) is 3.60. The smallest absolute Gasteiger partial charge is 0.201 e. The van der Waals surface area contributed by atoms with E-state index in [1.807, 2.05) is 24.3 Å². The molecule has 0 saturated heterocycles. The Bertz CT molecular complexity index is 791. The van der Waals surface area contributed by atoms with Gasteiger partial charge in [-0.15, -0.1) is 0 Å². The fourth-order valence-corrected chi connectivity index (χ4v) is 2.40. The van der Waals surface area contributed by atoms with Crippen molar-refractivity contribution in [1.29, 1.82) is 0 Å². The van der Waals surface area contributed by atoms with Gasteiger partial charge in [0.1, 0.15) is 5.52 Å². The molecule has 1 heterocycles. The number of nitrogen functional groups attached to an aromatic ring is 1. The highest BCUT2D eigenvalue weighted by Crippen LogP contribution is 2.24. The van der Waals surface area contributed by atoms with Crippen LogP contribution in [0.1, 0.15) is 18.1 Å². The molecule has 0 aliphatic carbocycles. The number of nitrogens with two attached hydrogens (primary N) is 1. The molecular weight excluding hydrogens is 272 g/mol. The Morgan fingerprint density at radius 1 is 1.05 bits per heavy atom. The van der Waals surface area contributed by atoms with Gasteiger partial charge in [-0.3, -0.25) is 0 Å². The number of imidazole rings is 1. The maximum absolute atomic E-state index is 14.0. The summed E-state index contributed by atoms with van der Waals surface area (Å²) in [6, 6.07) is 10.4. The van der Waals surface area contributed by atoms with Crippen LogP contribution in [0.15, 0.2) is 36.4 Å². The lowest BCUT2D eigenvalue weighted by atomic mass is 10.1. The molecule has 0 unspecified atom stereocenters. The van der Waals surface area contributed by atoms with E-state index in [9.17, 15) is 8.78 Å². The van der Waals surface area contributed by atoms with E-state index in [4.69, 9.17) is 5.73 Å². The van der Waals surface area contributed by atoms with E-state index >= 15 is 0 Å². The molecule has 3 nitrogen and oxygen atoms in total. The summed E-state index contributed by atoms with van der Waals surface area (Å²) in [5.41, 5.74) is 8.48. The maximum atomic E-state index is 14.0. The molecule has 3 aromatic rings. The second-order valence-electron chi connectivity index (χ2n) is 4.96. The summed E-state index contributed by atoms with van der Waals surface area (Å²) in [4.78, 5) is 4.08. The van der Waals surface area contributed by atoms with E-state index in [0.717, 1.165) is 18.1 Å². The van der Waals surface area contributed by atoms with Crippen molar-refractivity contribution in [2.24, 2.45) is 0 Å². The van der Waals surface area contributed by atoms with E-state index in [2.05, 4.69) is 11.9 Å². The number of aromatic nitrogens is 2. The van der Waals surface area contributed by atoms with Crippen molar-refractivity contribution in [2.45, 2.75) is 19.9 Å². The highest BCUT2D eigenvalue weighted by Gasteiger charge is 2.16. The van der Waals surface area contributed by atoms with Crippen LogP contribution in [-0.2, 0) is 13.0 Å². The average molecular weight is 287 g/mol. The molecule has 2 N–H and O–H groups in total. The lowest BCUT2D eigenvalue weighted by molar-refractivity contribution is 0.512. The van der Waals surface area contributed by atoms with Crippen molar-refractivity contribution in [1.82, 2.24) is 9.55 Å². The summed E-state index contributed by atoms with van der Waals surface area (Å²) in [6.07, 6.45) is 0.955. The minimum Gasteiger partial charge on any atom is -0.369 e. The number of rotatable bonds is 3. The molecule has 0 bridgehead atoms. The molecule has 5 heteroatoms. The zero-order chi connectivity index (χ0) is 15.0. The predicted octanol–water partition coefficient (Wildman–Crippen LogP) is 3.51. The van der Waals surface area contributed by atoms with Crippen molar-refractivity contribution < 1.29 is 8.78 Å². The largest absolute Gasteiger partial charge is 0.369 e. The molecule has 0 atom stereocenters. The lowest BCUT2D eigenvalue weighted by Crippen LogP contribution is -2.06. The molecule has 108 valence electrons. The van der Waals surface area contributed by atoms with Gasteiger partial charge in [0.25, 0.3) is 0 Å². The molecule has 0 aliphatic heterocycles. The zero-order valence-corrected chi connectivity index (χ0v) is 11.6. The average Bonchev–Trinajstić information content (AvgIpc) is 2.81. The van der Waals surface area contributed by atoms with Crippen molar-refractivity contribution in [3.63, 3.8) is 0 Å². The van der Waals surface area contributed by atoms with Crippen LogP contribution >= 0.6 is 0 Å². The van der Waals surface area contributed by atoms with Crippen LogP contribution in [0.2, 0.25) is 0 Å². The van der Waals surface area contributed by atoms with Crippen molar-refractivity contribution >= 4 is 17.0 Å². The number of hydrogen-bond donors (Lipinski definition) is 1. The van der Waals surface area contributed by atoms with E-state index in [1.165, 1.54) is 16.2 Å². The van der Waals surface area contributed by atoms with Crippen LogP contribution < -0.4 is 5.73 Å². The Hall–Kier alpha value is -2.43. The number of benzene rings is 2. The number of nitrogens with zero attached hydrogens (tertiary/aromatic N) is 2. The molecule has 0 saturated carbocycles. The molecule has 2 aromatic carbocycles. The number of anilines is 1. The summed E-state index contributed by atoms with van der Waals surface area (Å²) in [6.45, 7) is 2.43. The van der Waals surface area contributed by atoms with Crippen LogP contribution in [0.3, 0.4) is 0 Å². The van der Waals surface area contributed by atoms with Gasteiger partial charge in [0, 0.05) is 0 Å². The van der Waals surface area contributed by atoms with Crippen LogP contribution in [0.4, 0.5) is 14.7 Å². The molecule has 0 fully saturated rings. The van der Waals surface area contributed by atoms with Gasteiger partial charge in [-0.2, -0.15) is 0 Å². The first-order valence-electron chi connectivity index (χ1n) is 6.77. The molecule has 0 aliphatic rings. The molecule has 0 spiro atoms. The van der Waals surface area contributed by atoms with E-state index in [1.54, 1.807) is 0 Å². The second kappa shape index (κ2) is 5.16. The standard InChI is InChI=1S/C16H15F2N3/c1-2-10-3-5-11(6-4-10)9-21-15-13(20-16(21)19)8-7-12(17)14(15)18/h3-8H,2,9H2,1H3,(H2,19,20). The fourth-order valence-electron chi connectivity index (χ4n) is 2.40. The van der Waals surface area contributed by atoms with Gasteiger partial charge in [0.15, 0.2) is 11.6 Å². The highest BCUT2D eigenvalue weighted by molar-refractivity contribution is 5.79. The summed E-state index contributed by atoms with van der Waals surface area (Å²) in [5.74, 6) is -1.64. The first-order valence-corrected chi connectivity index (χ1v) is 6.77. The summed E-state index contributed by atoms with van der Waals surface area (Å²) in [7, 11) is 0. The molecule has 3 rings (SSSR count). The van der Waals surface area contributed by atoms with Crippen LogP contribution in [0, 0.1) is 11.6 Å². The van der Waals surface area contributed by atoms with E-state index < -0.39 is 11.6 Å². The minimum absolute atomic E-state index is 0.104. The Balaban J connectivity index is 2.07. The van der Waals surface area contributed by atoms with Gasteiger partial charge >= 0.3 is 0 Å². The Labute approximate surface area is 121 Å². The van der Waals surface area contributed by atoms with Crippen LogP contribution in [0.25, 0.3) is 11.0 Å². The van der Waals surface area contributed by atoms with Crippen molar-refractivity contribution in [2.75, 3.05) is 5.73 Å². The maximum Gasteiger partial charge on any atom is 0.201 e. The summed E-state index contributed by atoms with van der Waals surface area (Å²) < 4.78 is 28.9. The van der Waals surface area contributed by atoms with Crippen molar-refractivity contribution in [3.05, 3.63) is 59.2 Å². The number of halogens is 2. The van der Waals surface area contributed by atoms with Gasteiger partial charge in [0.05, 0.1) is 12.1 Å². The molecule has 1 aromatic heterocycles. The Morgan fingerprint density at radius 2 is 1.71 bits per heavy atom. The second-order valence-corrected chi connectivity index (χ2v) is 4.96. The Kier molecular flexibility index (Phi) is 3.33. The van der Waals surface area contributed by atoms with Crippen molar-refractivity contribution in [3.8, 4) is 0 Å². The van der Waals surface area contributed by atoms with Gasteiger partial charge in [-0.05, 0) is 29.7 Å². The van der Waals surface area contributed by atoms with Gasteiger partial charge in [-0.1, -0.05) is 31.2 Å². The lowest BCUT2D eigenvalue weighted by Gasteiger charge is -2.08. The number of fused-ring (bicyclic) bond motifs is 1. The highest BCUT2D eigenvalue weighted by atomic mass is 19.2. The predicted molar refractivity (Wildman–Crippen MR) is 79.0 cm³/mol. The van der Waals surface area contributed by atoms with Gasteiger partial charge < -0.3 is 10.3 Å². The number of aryl methyl sites for hydroxylation is 1. The van der Waals surface area contributed by atoms with Crippen LogP contribution in [0.5, 0.6) is 0 Å². The zero-order valence-electron chi connectivity index (χ0n) is 11.6. The molecule has 21 heavy (non-hydrogen) atoms. The fraction of sp³-hybridized carbons (Fsp3) is 0.188. The van der Waals surface area contributed by atoms with Gasteiger partial charge in [-0.25, -0.2) is 13.8 Å². The monoisotopic (exact) mass is 287 g/mol. The molecular formula is C16H15F2N3. The summed E-state index contributed by atoms with van der Waals surface area (Å²) in [5, 5.41) is 0. The summed E-state index contributed by atoms with van der Waals surface area (Å²) >= 11 is 0. The topological polar surface area (TPSA) is 43.8 Å². The SMILES string of the molecule is CCc1ccc(Cn2c(N)nc3ccc(F)c(F)c32)cc1. The molecule has 0 amide bonds. The number of hydrogen-bond acceptors (Lipinski definition) is 2. The third kappa shape index (κ3) is 2.35. The van der Waals surface area contributed by atoms with Crippen LogP contribution in [-0.4, -0.2) is 9.55 Å².